The number of benzene rings is 3. The molecule has 4 rings (SSSR count). The number of carbonyl (C=O) groups excluding carboxylic acids is 2. The predicted molar refractivity (Wildman–Crippen MR) is 154 cm³/mol. The molecular weight excluding hydrogens is 518 g/mol. The second-order valence-corrected chi connectivity index (χ2v) is 10.1. The van der Waals surface area contributed by atoms with E-state index in [2.05, 4.69) is 0 Å². The first-order valence-corrected chi connectivity index (χ1v) is 13.7. The molecule has 1 aliphatic heterocycles. The maximum atomic E-state index is 13.5. The van der Waals surface area contributed by atoms with Crippen molar-refractivity contribution in [3.8, 4) is 11.5 Å². The lowest BCUT2D eigenvalue weighted by Gasteiger charge is -2.25. The van der Waals surface area contributed by atoms with Gasteiger partial charge in [0.1, 0.15) is 10.9 Å². The van der Waals surface area contributed by atoms with Crippen molar-refractivity contribution in [3.63, 3.8) is 0 Å². The fourth-order valence-electron chi connectivity index (χ4n) is 3.90. The van der Waals surface area contributed by atoms with E-state index in [-0.39, 0.29) is 12.5 Å². The van der Waals surface area contributed by atoms with Gasteiger partial charge in [-0.25, -0.2) is 4.79 Å². The molecule has 1 unspecified atom stereocenters. The molecule has 1 saturated heterocycles. The number of esters is 1. The second kappa shape index (κ2) is 13.3. The Morgan fingerprint density at radius 3 is 2.37 bits per heavy atom. The molecule has 0 spiro atoms. The molecule has 1 fully saturated rings. The van der Waals surface area contributed by atoms with E-state index in [1.165, 1.54) is 4.90 Å². The smallest absolute Gasteiger partial charge is 0.333 e. The van der Waals surface area contributed by atoms with Gasteiger partial charge in [-0.2, -0.15) is 0 Å². The molecule has 0 bridgehead atoms. The van der Waals surface area contributed by atoms with E-state index in [0.717, 1.165) is 22.9 Å². The van der Waals surface area contributed by atoms with Crippen molar-refractivity contribution in [2.45, 2.75) is 32.9 Å². The fourth-order valence-corrected chi connectivity index (χ4v) is 5.21. The van der Waals surface area contributed by atoms with Crippen LogP contribution in [0.2, 0.25) is 0 Å². The Balaban J connectivity index is 1.58. The minimum Gasteiger partial charge on any atom is -0.490 e. The summed E-state index contributed by atoms with van der Waals surface area (Å²) in [5.41, 5.74) is 2.45. The van der Waals surface area contributed by atoms with Gasteiger partial charge in [0.15, 0.2) is 17.5 Å². The Hall–Kier alpha value is -3.62. The minimum absolute atomic E-state index is 0.270. The van der Waals surface area contributed by atoms with Crippen LogP contribution in [0.3, 0.4) is 0 Å². The van der Waals surface area contributed by atoms with Crippen LogP contribution in [0, 0.1) is 0 Å². The third kappa shape index (κ3) is 6.62. The number of carbonyl (C=O) groups is 2. The van der Waals surface area contributed by atoms with E-state index in [1.807, 2.05) is 80.6 Å². The molecule has 0 radical (unpaired) electrons. The highest BCUT2D eigenvalue weighted by Crippen LogP contribution is 2.39. The first-order chi connectivity index (χ1) is 18.5. The average Bonchev–Trinajstić information content (AvgIpc) is 3.20. The quantitative estimate of drug-likeness (QED) is 0.153. The summed E-state index contributed by atoms with van der Waals surface area (Å²) in [6.07, 6.45) is 2.43. The lowest BCUT2D eigenvalue weighted by molar-refractivity contribution is -0.151. The second-order valence-electron chi connectivity index (χ2n) is 8.45. The Kier molecular flexibility index (Phi) is 9.56. The third-order valence-electron chi connectivity index (χ3n) is 5.67. The summed E-state index contributed by atoms with van der Waals surface area (Å²) < 4.78 is 17.5. The molecule has 0 N–H and O–H groups in total. The monoisotopic (exact) mass is 547 g/mol. The Morgan fingerprint density at radius 1 is 0.974 bits per heavy atom. The normalized spacial score (nSPS) is 15.0. The maximum absolute atomic E-state index is 13.5. The van der Waals surface area contributed by atoms with Gasteiger partial charge in [-0.1, -0.05) is 97.6 Å². The predicted octanol–water partition coefficient (Wildman–Crippen LogP) is 6.56. The number of thiocarbonyl (C=S) groups is 1. The summed E-state index contributed by atoms with van der Waals surface area (Å²) in [7, 11) is 0. The fraction of sp³-hybridized carbons (Fsp3) is 0.233. The highest BCUT2D eigenvalue weighted by atomic mass is 32.2. The van der Waals surface area contributed by atoms with Crippen molar-refractivity contribution >= 4 is 46.3 Å². The molecule has 0 aromatic heterocycles. The van der Waals surface area contributed by atoms with Gasteiger partial charge < -0.3 is 14.2 Å². The molecule has 1 heterocycles. The third-order valence-corrected chi connectivity index (χ3v) is 7.00. The maximum Gasteiger partial charge on any atom is 0.333 e. The zero-order valence-electron chi connectivity index (χ0n) is 21.3. The zero-order valence-corrected chi connectivity index (χ0v) is 22.9. The molecule has 0 saturated carbocycles. The molecule has 3 aromatic rings. The van der Waals surface area contributed by atoms with Crippen LogP contribution in [-0.4, -0.2) is 34.3 Å². The SMILES string of the molecule is CCCOC(=O)C(c1ccccc1)N1C(=O)/C(=C/c2ccc(OCc3ccccc3)c(OCC)c2)SC1=S. The van der Waals surface area contributed by atoms with Gasteiger partial charge in [-0.15, -0.1) is 0 Å². The van der Waals surface area contributed by atoms with E-state index < -0.39 is 12.0 Å². The van der Waals surface area contributed by atoms with Crippen LogP contribution < -0.4 is 9.47 Å². The van der Waals surface area contributed by atoms with Gasteiger partial charge in [0.25, 0.3) is 5.91 Å². The lowest BCUT2D eigenvalue weighted by atomic mass is 10.1. The molecule has 38 heavy (non-hydrogen) atoms. The van der Waals surface area contributed by atoms with E-state index in [0.29, 0.717) is 45.9 Å². The van der Waals surface area contributed by atoms with Crippen molar-refractivity contribution in [1.29, 1.82) is 0 Å². The standard InChI is InChI=1S/C30H29NO5S2/c1-3-17-35-29(33)27(23-13-9-6-10-14-23)31-28(32)26(38-30(31)37)19-22-15-16-24(25(18-22)34-4-2)36-20-21-11-7-5-8-12-21/h5-16,18-19,27H,3-4,17,20H2,1-2H3/b26-19-. The first kappa shape index (κ1) is 27.4. The lowest BCUT2D eigenvalue weighted by Crippen LogP contribution is -2.38. The molecule has 6 nitrogen and oxygen atoms in total. The topological polar surface area (TPSA) is 65.1 Å². The summed E-state index contributed by atoms with van der Waals surface area (Å²) in [4.78, 5) is 28.3. The summed E-state index contributed by atoms with van der Waals surface area (Å²) in [5.74, 6) is 0.347. The van der Waals surface area contributed by atoms with E-state index >= 15 is 0 Å². The number of thioether (sulfide) groups is 1. The number of rotatable bonds is 11. The Labute approximate surface area is 232 Å². The largest absolute Gasteiger partial charge is 0.490 e. The van der Waals surface area contributed by atoms with E-state index in [9.17, 15) is 9.59 Å². The van der Waals surface area contributed by atoms with Gasteiger partial charge in [-0.05, 0) is 48.2 Å². The molecule has 1 atom stereocenters. The van der Waals surface area contributed by atoms with Crippen molar-refractivity contribution < 1.29 is 23.8 Å². The van der Waals surface area contributed by atoms with Crippen LogP contribution in [0.5, 0.6) is 11.5 Å². The highest BCUT2D eigenvalue weighted by Gasteiger charge is 2.42. The summed E-state index contributed by atoms with van der Waals surface area (Å²) >= 11 is 6.72. The highest BCUT2D eigenvalue weighted by molar-refractivity contribution is 8.26. The number of ether oxygens (including phenoxy) is 3. The number of amides is 1. The van der Waals surface area contributed by atoms with Gasteiger partial charge in [0, 0.05) is 0 Å². The van der Waals surface area contributed by atoms with Gasteiger partial charge >= 0.3 is 5.97 Å². The number of nitrogens with zero attached hydrogens (tertiary/aromatic N) is 1. The summed E-state index contributed by atoms with van der Waals surface area (Å²) in [6, 6.07) is 23.5. The zero-order chi connectivity index (χ0) is 26.9. The average molecular weight is 548 g/mol. The van der Waals surface area contributed by atoms with Crippen LogP contribution in [0.15, 0.2) is 83.8 Å². The molecule has 0 aliphatic carbocycles. The van der Waals surface area contributed by atoms with Crippen molar-refractivity contribution in [2.24, 2.45) is 0 Å². The molecule has 196 valence electrons. The van der Waals surface area contributed by atoms with Crippen LogP contribution >= 0.6 is 24.0 Å². The molecule has 8 heteroatoms. The first-order valence-electron chi connectivity index (χ1n) is 12.4. The molecule has 1 aliphatic rings. The number of hydrogen-bond acceptors (Lipinski definition) is 7. The molecule has 1 amide bonds. The van der Waals surface area contributed by atoms with E-state index in [1.54, 1.807) is 18.2 Å². The molecule has 3 aromatic carbocycles. The minimum atomic E-state index is -0.950. The Bertz CT molecular complexity index is 1310. The number of hydrogen-bond donors (Lipinski definition) is 0. The Morgan fingerprint density at radius 2 is 1.68 bits per heavy atom. The van der Waals surface area contributed by atoms with Gasteiger partial charge in [-0.3, -0.25) is 9.69 Å². The summed E-state index contributed by atoms with van der Waals surface area (Å²) in [5, 5.41) is 0. The van der Waals surface area contributed by atoms with E-state index in [4.69, 9.17) is 26.4 Å². The van der Waals surface area contributed by atoms with Crippen LogP contribution in [0.1, 0.15) is 43.0 Å². The van der Waals surface area contributed by atoms with Crippen molar-refractivity contribution in [2.75, 3.05) is 13.2 Å². The van der Waals surface area contributed by atoms with Crippen LogP contribution in [-0.2, 0) is 20.9 Å². The van der Waals surface area contributed by atoms with Gasteiger partial charge in [0.05, 0.1) is 18.1 Å². The summed E-state index contributed by atoms with van der Waals surface area (Å²) in [6.45, 7) is 4.97. The van der Waals surface area contributed by atoms with Crippen LogP contribution in [0.4, 0.5) is 0 Å². The van der Waals surface area contributed by atoms with Crippen LogP contribution in [0.25, 0.3) is 6.08 Å². The van der Waals surface area contributed by atoms with Crippen molar-refractivity contribution in [1.82, 2.24) is 4.90 Å². The molecular formula is C30H29NO5S2. The van der Waals surface area contributed by atoms with Crippen molar-refractivity contribution in [3.05, 3.63) is 100 Å². The van der Waals surface area contributed by atoms with Gasteiger partial charge in [0.2, 0.25) is 0 Å².